The van der Waals surface area contributed by atoms with E-state index in [1.54, 1.807) is 0 Å². The van der Waals surface area contributed by atoms with Gasteiger partial charge in [0, 0.05) is 19.3 Å². The number of allylic oxidation sites excluding steroid dienone is 26. The third-order valence-electron chi connectivity index (χ3n) is 10.5. The second-order valence-corrected chi connectivity index (χ2v) is 17.0. The fraction of sp³-hybridized carbons (Fsp3) is 0.540. The molecule has 0 aliphatic heterocycles. The van der Waals surface area contributed by atoms with Crippen LogP contribution in [0.25, 0.3) is 0 Å². The van der Waals surface area contributed by atoms with Crippen molar-refractivity contribution in [1.29, 1.82) is 0 Å². The van der Waals surface area contributed by atoms with Crippen molar-refractivity contribution in [2.75, 3.05) is 13.2 Å². The molecule has 69 heavy (non-hydrogen) atoms. The van der Waals surface area contributed by atoms with Crippen LogP contribution >= 0.6 is 0 Å². The van der Waals surface area contributed by atoms with Crippen molar-refractivity contribution in [3.8, 4) is 0 Å². The zero-order valence-corrected chi connectivity index (χ0v) is 43.8. The molecule has 0 rings (SSSR count). The molecule has 6 nitrogen and oxygen atoms in total. The Kier molecular flexibility index (Phi) is 51.6. The molecule has 0 aliphatic rings. The van der Waals surface area contributed by atoms with Crippen LogP contribution in [-0.4, -0.2) is 37.2 Å². The molecule has 384 valence electrons. The van der Waals surface area contributed by atoms with Crippen LogP contribution in [0.15, 0.2) is 158 Å². The molecule has 0 saturated carbocycles. The lowest BCUT2D eigenvalue weighted by Crippen LogP contribution is -2.30. The number of unbranched alkanes of at least 4 members (excludes halogenated alkanes) is 9. The molecule has 0 aromatic carbocycles. The Morgan fingerprint density at radius 3 is 0.957 bits per heavy atom. The van der Waals surface area contributed by atoms with Crippen molar-refractivity contribution in [3.63, 3.8) is 0 Å². The molecule has 0 saturated heterocycles. The van der Waals surface area contributed by atoms with E-state index in [-0.39, 0.29) is 31.6 Å². The Hall–Kier alpha value is -4.97. The Labute approximate surface area is 422 Å². The van der Waals surface area contributed by atoms with Gasteiger partial charge < -0.3 is 14.2 Å². The highest BCUT2D eigenvalue weighted by Gasteiger charge is 2.19. The summed E-state index contributed by atoms with van der Waals surface area (Å²) in [5.74, 6) is -1.08. The van der Waals surface area contributed by atoms with Crippen LogP contribution in [-0.2, 0) is 28.6 Å². The van der Waals surface area contributed by atoms with Crippen LogP contribution in [0.5, 0.6) is 0 Å². The van der Waals surface area contributed by atoms with Gasteiger partial charge in [-0.15, -0.1) is 0 Å². The number of carbonyl (C=O) groups excluding carboxylic acids is 3. The van der Waals surface area contributed by atoms with Gasteiger partial charge in [0.05, 0.1) is 0 Å². The molecule has 1 unspecified atom stereocenters. The zero-order chi connectivity index (χ0) is 50.0. The first-order valence-corrected chi connectivity index (χ1v) is 27.0. The summed E-state index contributed by atoms with van der Waals surface area (Å²) < 4.78 is 16.7. The van der Waals surface area contributed by atoms with Crippen LogP contribution in [0.4, 0.5) is 0 Å². The monoisotopic (exact) mass is 949 g/mol. The van der Waals surface area contributed by atoms with Gasteiger partial charge in [0.15, 0.2) is 6.10 Å². The van der Waals surface area contributed by atoms with Crippen molar-refractivity contribution in [2.24, 2.45) is 0 Å². The minimum Gasteiger partial charge on any atom is -0.462 e. The van der Waals surface area contributed by atoms with E-state index in [1.807, 2.05) is 12.2 Å². The van der Waals surface area contributed by atoms with E-state index in [4.69, 9.17) is 14.2 Å². The van der Waals surface area contributed by atoms with Crippen molar-refractivity contribution in [2.45, 2.75) is 207 Å². The summed E-state index contributed by atoms with van der Waals surface area (Å²) in [5, 5.41) is 0. The Balaban J connectivity index is 4.50. The maximum atomic E-state index is 12.8. The number of hydrogen-bond acceptors (Lipinski definition) is 6. The van der Waals surface area contributed by atoms with Gasteiger partial charge in [0.2, 0.25) is 0 Å². The molecule has 0 N–H and O–H groups in total. The fourth-order valence-electron chi connectivity index (χ4n) is 6.53. The lowest BCUT2D eigenvalue weighted by atomic mass is 10.1. The lowest BCUT2D eigenvalue weighted by molar-refractivity contribution is -0.166. The first-order valence-electron chi connectivity index (χ1n) is 27.0. The molecular formula is C63H96O6. The average Bonchev–Trinajstić information content (AvgIpc) is 3.35. The summed E-state index contributed by atoms with van der Waals surface area (Å²) in [6.45, 7) is 6.21. The van der Waals surface area contributed by atoms with E-state index in [0.717, 1.165) is 148 Å². The van der Waals surface area contributed by atoms with Gasteiger partial charge in [0.1, 0.15) is 13.2 Å². The first-order chi connectivity index (χ1) is 34.0. The number of hydrogen-bond donors (Lipinski definition) is 0. The lowest BCUT2D eigenvalue weighted by Gasteiger charge is -2.18. The molecule has 0 amide bonds. The molecule has 0 aromatic rings. The van der Waals surface area contributed by atoms with Crippen LogP contribution in [0.3, 0.4) is 0 Å². The average molecular weight is 949 g/mol. The van der Waals surface area contributed by atoms with Crippen molar-refractivity contribution in [3.05, 3.63) is 158 Å². The molecule has 0 spiro atoms. The summed E-state index contributed by atoms with van der Waals surface area (Å²) in [5.41, 5.74) is 0. The van der Waals surface area contributed by atoms with E-state index in [1.165, 1.54) is 6.42 Å². The first kappa shape index (κ1) is 64.0. The minimum atomic E-state index is -0.843. The van der Waals surface area contributed by atoms with Gasteiger partial charge in [-0.25, -0.2) is 0 Å². The second kappa shape index (κ2) is 55.6. The summed E-state index contributed by atoms with van der Waals surface area (Å²) >= 11 is 0. The zero-order valence-electron chi connectivity index (χ0n) is 43.8. The van der Waals surface area contributed by atoms with Gasteiger partial charge in [-0.05, 0) is 128 Å². The van der Waals surface area contributed by atoms with Crippen LogP contribution in [0.1, 0.15) is 201 Å². The topological polar surface area (TPSA) is 78.9 Å². The third-order valence-corrected chi connectivity index (χ3v) is 10.5. The van der Waals surface area contributed by atoms with Crippen LogP contribution in [0, 0.1) is 0 Å². The molecule has 0 bridgehead atoms. The third kappa shape index (κ3) is 53.8. The fourth-order valence-corrected chi connectivity index (χ4v) is 6.53. The van der Waals surface area contributed by atoms with Gasteiger partial charge in [0.25, 0.3) is 0 Å². The highest BCUT2D eigenvalue weighted by Crippen LogP contribution is 2.11. The van der Waals surface area contributed by atoms with E-state index in [0.29, 0.717) is 19.3 Å². The van der Waals surface area contributed by atoms with Crippen LogP contribution < -0.4 is 0 Å². The second-order valence-electron chi connectivity index (χ2n) is 17.0. The molecule has 6 heteroatoms. The standard InChI is InChI=1S/C63H96O6/c1-4-7-10-13-16-19-22-25-26-27-28-29-30-31-32-33-34-35-36-39-41-44-47-50-53-56-62(65)68-59-60(69-63(66)57-54-51-48-45-42-38-24-21-18-15-12-9-6-3)58-67-61(64)55-52-49-46-43-40-37-23-20-17-14-11-8-5-2/h7,9-12,14,16,18-21,23,25-26,28-29,31-32,34-35,38-39,41-42,48,51,60H,4-6,8,13,15,17,22,24,27,30,33,36-37,40,43-47,49-50,52-59H2,1-3H3/b10-7-,12-9-,14-11-,19-16-,21-18-,23-20-,26-25-,29-28-,32-31-,35-34-,41-39-,42-38-,51-48-. The molecule has 0 fully saturated rings. The highest BCUT2D eigenvalue weighted by molar-refractivity contribution is 5.71. The van der Waals surface area contributed by atoms with E-state index in [2.05, 4.69) is 167 Å². The van der Waals surface area contributed by atoms with Gasteiger partial charge in [-0.3, -0.25) is 14.4 Å². The van der Waals surface area contributed by atoms with E-state index >= 15 is 0 Å². The maximum Gasteiger partial charge on any atom is 0.306 e. The van der Waals surface area contributed by atoms with Gasteiger partial charge >= 0.3 is 17.9 Å². The maximum absolute atomic E-state index is 12.8. The van der Waals surface area contributed by atoms with Crippen molar-refractivity contribution in [1.82, 2.24) is 0 Å². The molecular weight excluding hydrogens is 853 g/mol. The predicted molar refractivity (Wildman–Crippen MR) is 297 cm³/mol. The smallest absolute Gasteiger partial charge is 0.306 e. The SMILES string of the molecule is CC/C=C\C/C=C\C/C=C\C/C=C\C/C=C\C/C=C\C/C=C\CCCCCC(=O)OCC(COC(=O)CCCCCCC/C=C\C/C=C\CCC)OC(=O)CC/C=C\C/C=C\C/C=C\C/C=C\CC. The van der Waals surface area contributed by atoms with Crippen LogP contribution in [0.2, 0.25) is 0 Å². The number of ether oxygens (including phenoxy) is 3. The van der Waals surface area contributed by atoms with E-state index < -0.39 is 12.1 Å². The largest absolute Gasteiger partial charge is 0.462 e. The summed E-state index contributed by atoms with van der Waals surface area (Å²) in [4.78, 5) is 38.0. The summed E-state index contributed by atoms with van der Waals surface area (Å²) in [7, 11) is 0. The van der Waals surface area contributed by atoms with Crippen molar-refractivity contribution < 1.29 is 28.6 Å². The minimum absolute atomic E-state index is 0.132. The van der Waals surface area contributed by atoms with Crippen molar-refractivity contribution >= 4 is 17.9 Å². The molecule has 1 atom stereocenters. The Bertz CT molecular complexity index is 1610. The van der Waals surface area contributed by atoms with Gasteiger partial charge in [-0.1, -0.05) is 211 Å². The Morgan fingerprint density at radius 2 is 0.594 bits per heavy atom. The highest BCUT2D eigenvalue weighted by atomic mass is 16.6. The number of rotatable bonds is 46. The molecule has 0 radical (unpaired) electrons. The molecule has 0 aromatic heterocycles. The number of esters is 3. The normalized spacial score (nSPS) is 13.4. The molecule has 0 aliphatic carbocycles. The summed E-state index contributed by atoms with van der Waals surface area (Å²) in [6.07, 6.45) is 81.0. The number of carbonyl (C=O) groups is 3. The van der Waals surface area contributed by atoms with E-state index in [9.17, 15) is 14.4 Å². The summed E-state index contributed by atoms with van der Waals surface area (Å²) in [6, 6.07) is 0. The predicted octanol–water partition coefficient (Wildman–Crippen LogP) is 18.2. The van der Waals surface area contributed by atoms with Gasteiger partial charge in [-0.2, -0.15) is 0 Å². The quantitative estimate of drug-likeness (QED) is 0.0262. The molecule has 0 heterocycles. The Morgan fingerprint density at radius 1 is 0.304 bits per heavy atom.